The molecule has 21 heavy (non-hydrogen) atoms. The van der Waals surface area contributed by atoms with Crippen LogP contribution >= 0.6 is 0 Å². The second kappa shape index (κ2) is 8.35. The summed E-state index contributed by atoms with van der Waals surface area (Å²) in [4.78, 5) is 22.4. The third-order valence-corrected chi connectivity index (χ3v) is 3.07. The topological polar surface area (TPSA) is 123 Å². The molecule has 118 valence electrons. The van der Waals surface area contributed by atoms with E-state index in [9.17, 15) is 9.59 Å². The second-order valence-electron chi connectivity index (χ2n) is 5.33. The van der Waals surface area contributed by atoms with Crippen LogP contribution in [-0.2, 0) is 22.7 Å². The van der Waals surface area contributed by atoms with Crippen LogP contribution in [0.15, 0.2) is 6.20 Å². The molecule has 0 aromatic carbocycles. The molecule has 1 aromatic rings. The summed E-state index contributed by atoms with van der Waals surface area (Å²) in [5.74, 6) is -1.12. The molecule has 0 saturated heterocycles. The first kappa shape index (κ1) is 17.1. The van der Waals surface area contributed by atoms with Crippen LogP contribution in [-0.4, -0.2) is 38.0 Å². The number of aromatic nitrogens is 3. The molecule has 0 aliphatic carbocycles. The van der Waals surface area contributed by atoms with Crippen LogP contribution in [0.3, 0.4) is 0 Å². The number of carboxylic acids is 1. The van der Waals surface area contributed by atoms with E-state index < -0.39 is 5.97 Å². The Morgan fingerprint density at radius 2 is 2.14 bits per heavy atom. The zero-order valence-corrected chi connectivity index (χ0v) is 12.5. The minimum absolute atomic E-state index is 0.0486. The highest BCUT2D eigenvalue weighted by Gasteiger charge is 2.13. The lowest BCUT2D eigenvalue weighted by Gasteiger charge is -2.12. The third kappa shape index (κ3) is 6.84. The van der Waals surface area contributed by atoms with Crippen LogP contribution in [0.1, 0.15) is 38.8 Å². The molecule has 1 amide bonds. The third-order valence-electron chi connectivity index (χ3n) is 3.07. The Bertz CT molecular complexity index is 472. The number of hydrogen-bond acceptors (Lipinski definition) is 5. The number of rotatable bonds is 9. The monoisotopic (exact) mass is 297 g/mol. The van der Waals surface area contributed by atoms with E-state index in [0.29, 0.717) is 5.69 Å². The Morgan fingerprint density at radius 1 is 1.43 bits per heavy atom. The van der Waals surface area contributed by atoms with E-state index in [2.05, 4.69) is 15.6 Å². The van der Waals surface area contributed by atoms with Gasteiger partial charge in [0.2, 0.25) is 5.91 Å². The highest BCUT2D eigenvalue weighted by molar-refractivity contribution is 5.78. The number of aliphatic carboxylic acids is 1. The molecule has 0 saturated carbocycles. The van der Waals surface area contributed by atoms with Gasteiger partial charge in [0.1, 0.15) is 12.2 Å². The molecular formula is C13H23N5O3. The summed E-state index contributed by atoms with van der Waals surface area (Å²) in [6, 6.07) is 0.157. The number of hydrogen-bond donors (Lipinski definition) is 3. The summed E-state index contributed by atoms with van der Waals surface area (Å²) < 4.78 is 1.22. The lowest BCUT2D eigenvalue weighted by atomic mass is 10.0. The van der Waals surface area contributed by atoms with Gasteiger partial charge in [0, 0.05) is 12.0 Å². The Hall–Kier alpha value is -1.96. The van der Waals surface area contributed by atoms with Crippen LogP contribution in [0.2, 0.25) is 0 Å². The first-order chi connectivity index (χ1) is 9.88. The van der Waals surface area contributed by atoms with E-state index in [4.69, 9.17) is 10.8 Å². The van der Waals surface area contributed by atoms with Crippen molar-refractivity contribution in [3.8, 4) is 0 Å². The first-order valence-corrected chi connectivity index (χ1v) is 7.02. The average molecular weight is 297 g/mol. The lowest BCUT2D eigenvalue weighted by molar-refractivity contribution is -0.138. The minimum atomic E-state index is -0.988. The van der Waals surface area contributed by atoms with Crippen molar-refractivity contribution in [2.75, 3.05) is 0 Å². The molecule has 4 N–H and O–H groups in total. The number of amides is 1. The van der Waals surface area contributed by atoms with Crippen LogP contribution < -0.4 is 11.1 Å². The number of nitrogens with zero attached hydrogens (tertiary/aromatic N) is 3. The summed E-state index contributed by atoms with van der Waals surface area (Å²) in [5.41, 5.74) is 6.20. The van der Waals surface area contributed by atoms with Crippen molar-refractivity contribution in [3.63, 3.8) is 0 Å². The van der Waals surface area contributed by atoms with Gasteiger partial charge in [-0.3, -0.25) is 9.59 Å². The van der Waals surface area contributed by atoms with Crippen molar-refractivity contribution in [1.82, 2.24) is 20.3 Å². The van der Waals surface area contributed by atoms with Gasteiger partial charge in [-0.1, -0.05) is 18.6 Å². The Balaban J connectivity index is 2.31. The maximum absolute atomic E-state index is 11.9. The van der Waals surface area contributed by atoms with E-state index in [0.717, 1.165) is 19.3 Å². The molecule has 2 unspecified atom stereocenters. The molecule has 1 heterocycles. The van der Waals surface area contributed by atoms with Crippen molar-refractivity contribution in [3.05, 3.63) is 11.9 Å². The Kier molecular flexibility index (Phi) is 6.80. The van der Waals surface area contributed by atoms with Crippen molar-refractivity contribution in [2.45, 2.75) is 52.2 Å². The predicted octanol–water partition coefficient (Wildman–Crippen LogP) is 0.133. The van der Waals surface area contributed by atoms with Crippen LogP contribution in [0.5, 0.6) is 0 Å². The van der Waals surface area contributed by atoms with Crippen molar-refractivity contribution in [1.29, 1.82) is 0 Å². The number of carboxylic acid groups (broad SMARTS) is 1. The van der Waals surface area contributed by atoms with Gasteiger partial charge in [-0.15, -0.1) is 5.10 Å². The highest BCUT2D eigenvalue weighted by atomic mass is 16.4. The SMILES string of the molecule is CC(N)CCCC(C)C(=O)NCc1cn(CC(=O)O)nn1. The molecular weight excluding hydrogens is 274 g/mol. The quantitative estimate of drug-likeness (QED) is 0.595. The van der Waals surface area contributed by atoms with Gasteiger partial charge in [0.15, 0.2) is 0 Å². The molecule has 0 spiro atoms. The fourth-order valence-corrected chi connectivity index (χ4v) is 1.86. The molecule has 1 aromatic heterocycles. The van der Waals surface area contributed by atoms with E-state index >= 15 is 0 Å². The molecule has 0 radical (unpaired) electrons. The molecule has 1 rings (SSSR count). The fraction of sp³-hybridized carbons (Fsp3) is 0.692. The maximum Gasteiger partial charge on any atom is 0.325 e. The van der Waals surface area contributed by atoms with Crippen molar-refractivity contribution >= 4 is 11.9 Å². The standard InChI is InChI=1S/C13H23N5O3/c1-9(4-3-5-10(2)14)13(21)15-6-11-7-18(17-16-11)8-12(19)20/h7,9-10H,3-6,8,14H2,1-2H3,(H,15,21)(H,19,20). The van der Waals surface area contributed by atoms with E-state index in [1.807, 2.05) is 13.8 Å². The van der Waals surface area contributed by atoms with E-state index in [1.54, 1.807) is 0 Å². The number of nitrogens with two attached hydrogens (primary N) is 1. The van der Waals surface area contributed by atoms with Crippen LogP contribution in [0.4, 0.5) is 0 Å². The summed E-state index contributed by atoms with van der Waals surface area (Å²) in [6.45, 7) is 3.83. The summed E-state index contributed by atoms with van der Waals surface area (Å²) in [6.07, 6.45) is 4.12. The second-order valence-corrected chi connectivity index (χ2v) is 5.33. The smallest absolute Gasteiger partial charge is 0.325 e. The lowest BCUT2D eigenvalue weighted by Crippen LogP contribution is -2.29. The molecule has 0 aliphatic rings. The zero-order valence-electron chi connectivity index (χ0n) is 12.5. The van der Waals surface area contributed by atoms with Gasteiger partial charge in [-0.05, 0) is 19.8 Å². The minimum Gasteiger partial charge on any atom is -0.480 e. The van der Waals surface area contributed by atoms with Gasteiger partial charge < -0.3 is 16.2 Å². The zero-order chi connectivity index (χ0) is 15.8. The van der Waals surface area contributed by atoms with Crippen molar-refractivity contribution in [2.24, 2.45) is 11.7 Å². The largest absolute Gasteiger partial charge is 0.480 e. The predicted molar refractivity (Wildman–Crippen MR) is 76.2 cm³/mol. The molecule has 2 atom stereocenters. The summed E-state index contributed by atoms with van der Waals surface area (Å²) >= 11 is 0. The van der Waals surface area contributed by atoms with Gasteiger partial charge in [0.25, 0.3) is 0 Å². The van der Waals surface area contributed by atoms with Gasteiger partial charge in [0.05, 0.1) is 12.7 Å². The first-order valence-electron chi connectivity index (χ1n) is 7.02. The molecule has 0 fully saturated rings. The molecule has 0 bridgehead atoms. The summed E-state index contributed by atoms with van der Waals surface area (Å²) in [7, 11) is 0. The fourth-order valence-electron chi connectivity index (χ4n) is 1.86. The Labute approximate surface area is 123 Å². The van der Waals surface area contributed by atoms with Gasteiger partial charge >= 0.3 is 5.97 Å². The van der Waals surface area contributed by atoms with Gasteiger partial charge in [-0.2, -0.15) is 0 Å². The van der Waals surface area contributed by atoms with Gasteiger partial charge in [-0.25, -0.2) is 4.68 Å². The van der Waals surface area contributed by atoms with E-state index in [-0.39, 0.29) is 31.0 Å². The average Bonchev–Trinajstić information content (AvgIpc) is 2.82. The van der Waals surface area contributed by atoms with Crippen LogP contribution in [0.25, 0.3) is 0 Å². The van der Waals surface area contributed by atoms with E-state index in [1.165, 1.54) is 10.9 Å². The number of carbonyl (C=O) groups is 2. The number of nitrogens with one attached hydrogen (secondary N) is 1. The highest BCUT2D eigenvalue weighted by Crippen LogP contribution is 2.09. The maximum atomic E-state index is 11.9. The normalized spacial score (nSPS) is 13.7. The summed E-state index contributed by atoms with van der Waals surface area (Å²) in [5, 5.41) is 18.9. The van der Waals surface area contributed by atoms with Crippen LogP contribution in [0, 0.1) is 5.92 Å². The molecule has 8 heteroatoms. The Morgan fingerprint density at radius 3 is 2.76 bits per heavy atom. The van der Waals surface area contributed by atoms with Crippen molar-refractivity contribution < 1.29 is 14.7 Å². The molecule has 0 aliphatic heterocycles. The number of carbonyl (C=O) groups excluding carboxylic acids is 1. The molecule has 8 nitrogen and oxygen atoms in total.